The van der Waals surface area contributed by atoms with Crippen LogP contribution in [-0.2, 0) is 24.0 Å². The minimum atomic E-state index is -1.52. The Labute approximate surface area is 216 Å². The first kappa shape index (κ1) is 33.5. The number of aliphatic carboxylic acids is 2. The van der Waals surface area contributed by atoms with Gasteiger partial charge in [-0.15, -0.1) is 0 Å². The Kier molecular flexibility index (Phi) is 16.2. The molecule has 0 aliphatic carbocycles. The number of nitrogens with one attached hydrogen (secondary N) is 3. The van der Waals surface area contributed by atoms with Gasteiger partial charge in [-0.05, 0) is 51.0 Å². The molecule has 0 rings (SSSR count). The number of carbonyl (C=O) groups excluding carboxylic acids is 3. The summed E-state index contributed by atoms with van der Waals surface area (Å²) in [5.74, 6) is -5.20. The Morgan fingerprint density at radius 3 is 1.89 bits per heavy atom. The third kappa shape index (κ3) is 15.3. The van der Waals surface area contributed by atoms with E-state index in [-0.39, 0.29) is 37.7 Å². The average molecular weight is 531 g/mol. The molecule has 0 aliphatic heterocycles. The van der Waals surface area contributed by atoms with Crippen molar-refractivity contribution in [3.8, 4) is 0 Å². The molecule has 0 heterocycles. The second-order valence-electron chi connectivity index (χ2n) is 9.09. The van der Waals surface area contributed by atoms with Crippen LogP contribution in [-0.4, -0.2) is 83.1 Å². The minimum absolute atomic E-state index is 0.0808. The smallest absolute Gasteiger partial charge is 0.326 e. The topological polar surface area (TPSA) is 278 Å². The standard InChI is InChI=1S/C22H42N8O7/c1-12(2)10-15(19(34)28-14(21(36)37)7-3-4-8-23)30-20(35)16(11-17(31)32)29-18(33)13(24)6-5-9-27-22(25)26/h12-16H,3-11,23-24H2,1-2H3,(H,28,34)(H,29,33)(H,30,35)(H,31,32)(H,36,37)(H4,25,26,27). The van der Waals surface area contributed by atoms with E-state index in [9.17, 15) is 34.2 Å². The summed E-state index contributed by atoms with van der Waals surface area (Å²) in [6.07, 6.45) is 1.14. The maximum atomic E-state index is 12.9. The van der Waals surface area contributed by atoms with Crippen molar-refractivity contribution in [2.45, 2.75) is 83.0 Å². The number of aliphatic imine (C=N–C) groups is 1. The highest BCUT2D eigenvalue weighted by Crippen LogP contribution is 2.09. The molecule has 0 aromatic rings. The van der Waals surface area contributed by atoms with E-state index in [1.807, 2.05) is 0 Å². The first-order chi connectivity index (χ1) is 17.3. The van der Waals surface area contributed by atoms with Crippen molar-refractivity contribution in [2.24, 2.45) is 33.8 Å². The van der Waals surface area contributed by atoms with Gasteiger partial charge in [0.25, 0.3) is 0 Å². The highest BCUT2D eigenvalue weighted by atomic mass is 16.4. The van der Waals surface area contributed by atoms with Gasteiger partial charge in [0.05, 0.1) is 12.5 Å². The zero-order valence-electron chi connectivity index (χ0n) is 21.4. The number of carboxylic acids is 2. The van der Waals surface area contributed by atoms with Crippen molar-refractivity contribution >= 4 is 35.6 Å². The Morgan fingerprint density at radius 2 is 1.38 bits per heavy atom. The largest absolute Gasteiger partial charge is 0.481 e. The zero-order valence-corrected chi connectivity index (χ0v) is 21.4. The molecule has 0 fully saturated rings. The summed E-state index contributed by atoms with van der Waals surface area (Å²) >= 11 is 0. The van der Waals surface area contributed by atoms with E-state index in [0.717, 1.165) is 0 Å². The van der Waals surface area contributed by atoms with Crippen LogP contribution in [0.1, 0.15) is 58.8 Å². The molecular formula is C22H42N8O7. The number of carbonyl (C=O) groups is 5. The lowest BCUT2D eigenvalue weighted by atomic mass is 10.0. The lowest BCUT2D eigenvalue weighted by Crippen LogP contribution is -2.57. The molecule has 4 unspecified atom stereocenters. The molecule has 0 saturated carbocycles. The fraction of sp³-hybridized carbons (Fsp3) is 0.727. The van der Waals surface area contributed by atoms with E-state index < -0.39 is 60.2 Å². The molecule has 0 aromatic heterocycles. The van der Waals surface area contributed by atoms with Crippen LogP contribution in [0.2, 0.25) is 0 Å². The third-order valence-corrected chi connectivity index (χ3v) is 5.22. The van der Waals surface area contributed by atoms with E-state index in [4.69, 9.17) is 22.9 Å². The molecule has 13 N–H and O–H groups in total. The van der Waals surface area contributed by atoms with Crippen molar-refractivity contribution in [1.82, 2.24) is 16.0 Å². The van der Waals surface area contributed by atoms with Gasteiger partial charge >= 0.3 is 11.9 Å². The molecule has 4 atom stereocenters. The summed E-state index contributed by atoms with van der Waals surface area (Å²) in [4.78, 5) is 64.9. The second-order valence-corrected chi connectivity index (χ2v) is 9.09. The fourth-order valence-corrected chi connectivity index (χ4v) is 3.31. The predicted octanol–water partition coefficient (Wildman–Crippen LogP) is -2.44. The van der Waals surface area contributed by atoms with Crippen LogP contribution in [0.3, 0.4) is 0 Å². The van der Waals surface area contributed by atoms with Crippen LogP contribution in [0.4, 0.5) is 0 Å². The second kappa shape index (κ2) is 17.9. The highest BCUT2D eigenvalue weighted by Gasteiger charge is 2.31. The van der Waals surface area contributed by atoms with Crippen LogP contribution in [0.5, 0.6) is 0 Å². The fourth-order valence-electron chi connectivity index (χ4n) is 3.31. The van der Waals surface area contributed by atoms with Gasteiger partial charge in [0, 0.05) is 6.54 Å². The number of hydrogen-bond donors (Lipinski definition) is 9. The Hall–Kier alpha value is -3.46. The van der Waals surface area contributed by atoms with E-state index in [2.05, 4.69) is 20.9 Å². The van der Waals surface area contributed by atoms with Gasteiger partial charge in [-0.3, -0.25) is 24.2 Å². The minimum Gasteiger partial charge on any atom is -0.481 e. The molecule has 15 heteroatoms. The van der Waals surface area contributed by atoms with E-state index in [1.54, 1.807) is 13.8 Å². The molecule has 15 nitrogen and oxygen atoms in total. The normalized spacial score (nSPS) is 14.1. The number of guanidine groups is 1. The van der Waals surface area contributed by atoms with Crippen LogP contribution < -0.4 is 38.9 Å². The van der Waals surface area contributed by atoms with Crippen molar-refractivity contribution in [3.63, 3.8) is 0 Å². The number of carboxylic acid groups (broad SMARTS) is 2. The molecule has 0 aromatic carbocycles. The van der Waals surface area contributed by atoms with Gasteiger partial charge < -0.3 is 49.1 Å². The number of rotatable bonds is 19. The molecule has 0 spiro atoms. The van der Waals surface area contributed by atoms with Crippen molar-refractivity contribution in [1.29, 1.82) is 0 Å². The Balaban J connectivity index is 5.39. The summed E-state index contributed by atoms with van der Waals surface area (Å²) in [5, 5.41) is 25.8. The van der Waals surface area contributed by atoms with Gasteiger partial charge in [0.2, 0.25) is 17.7 Å². The maximum absolute atomic E-state index is 12.9. The summed E-state index contributed by atoms with van der Waals surface area (Å²) < 4.78 is 0. The maximum Gasteiger partial charge on any atom is 0.326 e. The Bertz CT molecular complexity index is 802. The van der Waals surface area contributed by atoms with Crippen LogP contribution in [0, 0.1) is 5.92 Å². The quantitative estimate of drug-likeness (QED) is 0.0480. The molecule has 0 bridgehead atoms. The zero-order chi connectivity index (χ0) is 28.5. The monoisotopic (exact) mass is 530 g/mol. The van der Waals surface area contributed by atoms with E-state index in [0.29, 0.717) is 25.8 Å². The van der Waals surface area contributed by atoms with Crippen LogP contribution >= 0.6 is 0 Å². The van der Waals surface area contributed by atoms with Gasteiger partial charge in [-0.2, -0.15) is 0 Å². The van der Waals surface area contributed by atoms with Gasteiger partial charge in [-0.25, -0.2) is 4.79 Å². The first-order valence-electron chi connectivity index (χ1n) is 12.1. The summed E-state index contributed by atoms with van der Waals surface area (Å²) in [6.45, 7) is 4.20. The van der Waals surface area contributed by atoms with Crippen molar-refractivity contribution in [3.05, 3.63) is 0 Å². The van der Waals surface area contributed by atoms with Crippen molar-refractivity contribution < 1.29 is 34.2 Å². The average Bonchev–Trinajstić information content (AvgIpc) is 2.79. The number of unbranched alkanes of at least 4 members (excludes halogenated alkanes) is 1. The van der Waals surface area contributed by atoms with E-state index >= 15 is 0 Å². The third-order valence-electron chi connectivity index (χ3n) is 5.22. The Morgan fingerprint density at radius 1 is 0.811 bits per heavy atom. The van der Waals surface area contributed by atoms with Crippen LogP contribution in [0.15, 0.2) is 4.99 Å². The van der Waals surface area contributed by atoms with Crippen molar-refractivity contribution in [2.75, 3.05) is 13.1 Å². The summed E-state index contributed by atoms with van der Waals surface area (Å²) in [5.41, 5.74) is 21.7. The molecular weight excluding hydrogens is 488 g/mol. The molecule has 3 amide bonds. The number of amides is 3. The molecule has 212 valence electrons. The molecule has 0 radical (unpaired) electrons. The highest BCUT2D eigenvalue weighted by molar-refractivity contribution is 5.95. The molecule has 0 aliphatic rings. The van der Waals surface area contributed by atoms with Crippen LogP contribution in [0.25, 0.3) is 0 Å². The van der Waals surface area contributed by atoms with Gasteiger partial charge in [0.15, 0.2) is 5.96 Å². The summed E-state index contributed by atoms with van der Waals surface area (Å²) in [7, 11) is 0. The predicted molar refractivity (Wildman–Crippen MR) is 136 cm³/mol. The SMILES string of the molecule is CC(C)CC(NC(=O)C(CC(=O)O)NC(=O)C(N)CCCN=C(N)N)C(=O)NC(CCCCN)C(=O)O. The van der Waals surface area contributed by atoms with Gasteiger partial charge in [-0.1, -0.05) is 13.8 Å². The lowest BCUT2D eigenvalue weighted by Gasteiger charge is -2.25. The first-order valence-corrected chi connectivity index (χ1v) is 12.1. The van der Waals surface area contributed by atoms with Gasteiger partial charge in [0.1, 0.15) is 18.1 Å². The summed E-state index contributed by atoms with van der Waals surface area (Å²) in [6, 6.07) is -4.92. The number of hydrogen-bond acceptors (Lipinski definition) is 8. The van der Waals surface area contributed by atoms with E-state index in [1.165, 1.54) is 0 Å². The molecule has 37 heavy (non-hydrogen) atoms. The molecule has 0 saturated heterocycles. The lowest BCUT2D eigenvalue weighted by molar-refractivity contribution is -0.143. The number of nitrogens with zero attached hydrogens (tertiary/aromatic N) is 1. The number of nitrogens with two attached hydrogens (primary N) is 4.